The van der Waals surface area contributed by atoms with Crippen LogP contribution in [0.25, 0.3) is 10.9 Å². The molecule has 3 amide bonds. The maximum absolute atomic E-state index is 13.5. The average Bonchev–Trinajstić information content (AvgIpc) is 3.38. The molecule has 1 aromatic heterocycles. The van der Waals surface area contributed by atoms with Gasteiger partial charge in [-0.05, 0) is 55.5 Å². The van der Waals surface area contributed by atoms with E-state index in [0.29, 0.717) is 29.0 Å². The van der Waals surface area contributed by atoms with Gasteiger partial charge in [-0.15, -0.1) is 0 Å². The maximum Gasteiger partial charge on any atom is 0.242 e. The summed E-state index contributed by atoms with van der Waals surface area (Å²) in [5.74, 6) is -1.67. The number of sulfonamides is 1. The molecule has 0 fully saturated rings. The minimum Gasteiger partial charge on any atom is -0.494 e. The topological polar surface area (TPSA) is 222 Å². The van der Waals surface area contributed by atoms with Crippen molar-refractivity contribution in [3.8, 4) is 5.75 Å². The average molecular weight is 614 g/mol. The third-order valence-corrected chi connectivity index (χ3v) is 8.10. The summed E-state index contributed by atoms with van der Waals surface area (Å²) in [5.41, 5.74) is 13.5. The molecular formula is C29H39N7O6S. The number of nitrogen functional groups attached to an aromatic ring is 1. The standard InChI is InChI=1S/C29H39N7O6S/c1-3-13-42-21-9-10-23-22(15-21)20(17-33-23)14-25(36-43(40,41)4-2)29(39)35-24(11-12-26(30)37)28(38)34-16-18-5-7-19(8-6-18)27(31)32/h5-10,15,17,24-25,33,36H,3-4,11-14,16H2,1-2H3,(H2,30,37)(H3,31,32)(H,34,38)(H,35,39)/t24-,25-/m0/s1. The molecule has 0 radical (unpaired) electrons. The van der Waals surface area contributed by atoms with Gasteiger partial charge in [-0.25, -0.2) is 13.1 Å². The number of primary amides is 1. The highest BCUT2D eigenvalue weighted by Gasteiger charge is 2.29. The molecule has 43 heavy (non-hydrogen) atoms. The number of nitrogens with one attached hydrogen (secondary N) is 5. The number of hydrogen-bond donors (Lipinski definition) is 7. The van der Waals surface area contributed by atoms with Crippen LogP contribution in [0.15, 0.2) is 48.7 Å². The summed E-state index contributed by atoms with van der Waals surface area (Å²) in [4.78, 5) is 41.3. The van der Waals surface area contributed by atoms with Crippen LogP contribution in [0.5, 0.6) is 5.75 Å². The summed E-state index contributed by atoms with van der Waals surface area (Å²) in [7, 11) is -3.82. The Morgan fingerprint density at radius 2 is 1.74 bits per heavy atom. The van der Waals surface area contributed by atoms with Crippen molar-refractivity contribution in [2.75, 3.05) is 12.4 Å². The number of aromatic nitrogens is 1. The fourth-order valence-electron chi connectivity index (χ4n) is 4.29. The van der Waals surface area contributed by atoms with Crippen molar-refractivity contribution in [2.45, 2.75) is 58.2 Å². The highest BCUT2D eigenvalue weighted by molar-refractivity contribution is 7.89. The first-order valence-corrected chi connectivity index (χ1v) is 15.6. The van der Waals surface area contributed by atoms with Crippen LogP contribution < -0.4 is 31.6 Å². The Morgan fingerprint density at radius 1 is 1.02 bits per heavy atom. The summed E-state index contributed by atoms with van der Waals surface area (Å²) in [6.07, 6.45) is 2.24. The zero-order chi connectivity index (χ0) is 31.6. The van der Waals surface area contributed by atoms with Crippen LogP contribution in [0.2, 0.25) is 0 Å². The number of fused-ring (bicyclic) bond motifs is 1. The van der Waals surface area contributed by atoms with Crippen molar-refractivity contribution in [3.05, 3.63) is 65.4 Å². The van der Waals surface area contributed by atoms with E-state index >= 15 is 0 Å². The van der Waals surface area contributed by atoms with Crippen LogP contribution in [0.3, 0.4) is 0 Å². The molecule has 0 saturated heterocycles. The second-order valence-electron chi connectivity index (χ2n) is 10.0. The summed E-state index contributed by atoms with van der Waals surface area (Å²) >= 11 is 0. The zero-order valence-electron chi connectivity index (χ0n) is 24.2. The normalized spacial score (nSPS) is 12.8. The first-order valence-electron chi connectivity index (χ1n) is 13.9. The number of hydrogen-bond acceptors (Lipinski definition) is 7. The van der Waals surface area contributed by atoms with Crippen LogP contribution in [0, 0.1) is 5.41 Å². The Labute approximate surface area is 250 Å². The Kier molecular flexibility index (Phi) is 11.7. The number of carbonyl (C=O) groups excluding carboxylic acids is 3. The SMILES string of the molecule is CCCOc1ccc2[nH]cc(C[C@H](NS(=O)(=O)CC)C(=O)N[C@@H](CCC(N)=O)C(=O)NCc3ccc(C(=N)N)cc3)c2c1. The van der Waals surface area contributed by atoms with Crippen LogP contribution in [0.1, 0.15) is 49.8 Å². The highest BCUT2D eigenvalue weighted by atomic mass is 32.2. The van der Waals surface area contributed by atoms with Gasteiger partial charge in [0, 0.05) is 35.6 Å². The largest absolute Gasteiger partial charge is 0.494 e. The molecule has 1 heterocycles. The fourth-order valence-corrected chi connectivity index (χ4v) is 5.08. The number of amidine groups is 1. The summed E-state index contributed by atoms with van der Waals surface area (Å²) < 4.78 is 33.3. The van der Waals surface area contributed by atoms with E-state index in [-0.39, 0.29) is 37.4 Å². The van der Waals surface area contributed by atoms with Gasteiger partial charge in [0.1, 0.15) is 23.7 Å². The minimum absolute atomic E-state index is 0.0189. The molecule has 0 aliphatic heterocycles. The van der Waals surface area contributed by atoms with Gasteiger partial charge in [0.15, 0.2) is 0 Å². The molecule has 14 heteroatoms. The smallest absolute Gasteiger partial charge is 0.242 e. The summed E-state index contributed by atoms with van der Waals surface area (Å²) in [5, 5.41) is 13.6. The van der Waals surface area contributed by atoms with Gasteiger partial charge in [0.25, 0.3) is 0 Å². The molecule has 2 aromatic carbocycles. The third-order valence-electron chi connectivity index (χ3n) is 6.70. The predicted molar refractivity (Wildman–Crippen MR) is 164 cm³/mol. The number of ether oxygens (including phenoxy) is 1. The van der Waals surface area contributed by atoms with Crippen LogP contribution in [-0.2, 0) is 37.4 Å². The first-order chi connectivity index (χ1) is 20.4. The van der Waals surface area contributed by atoms with Crippen LogP contribution >= 0.6 is 0 Å². The lowest BCUT2D eigenvalue weighted by atomic mass is 10.0. The second-order valence-corrected chi connectivity index (χ2v) is 12.1. The fraction of sp³-hybridized carbons (Fsp3) is 0.379. The van der Waals surface area contributed by atoms with E-state index in [1.54, 1.807) is 30.5 Å². The molecule has 13 nitrogen and oxygen atoms in total. The van der Waals surface area contributed by atoms with Gasteiger partial charge in [0.2, 0.25) is 27.7 Å². The molecule has 0 unspecified atom stereocenters. The Bertz CT molecular complexity index is 1550. The number of benzene rings is 2. The van der Waals surface area contributed by atoms with Crippen molar-refractivity contribution in [1.82, 2.24) is 20.3 Å². The van der Waals surface area contributed by atoms with E-state index in [0.717, 1.165) is 17.3 Å². The van der Waals surface area contributed by atoms with Crippen molar-refractivity contribution in [1.29, 1.82) is 5.41 Å². The molecule has 3 aromatic rings. The number of H-pyrrole nitrogens is 1. The van der Waals surface area contributed by atoms with E-state index in [2.05, 4.69) is 20.3 Å². The molecule has 0 bridgehead atoms. The molecule has 2 atom stereocenters. The summed E-state index contributed by atoms with van der Waals surface area (Å²) in [6.45, 7) is 4.08. The van der Waals surface area contributed by atoms with Crippen LogP contribution in [-0.4, -0.2) is 61.4 Å². The second kappa shape index (κ2) is 15.2. The number of carbonyl (C=O) groups is 3. The van der Waals surface area contributed by atoms with Gasteiger partial charge in [-0.1, -0.05) is 31.2 Å². The molecule has 0 spiro atoms. The van der Waals surface area contributed by atoms with Crippen LogP contribution in [0.4, 0.5) is 0 Å². The number of rotatable bonds is 17. The number of amides is 3. The van der Waals surface area contributed by atoms with E-state index in [9.17, 15) is 22.8 Å². The van der Waals surface area contributed by atoms with E-state index in [1.165, 1.54) is 6.92 Å². The maximum atomic E-state index is 13.5. The van der Waals surface area contributed by atoms with E-state index in [1.807, 2.05) is 25.1 Å². The lowest BCUT2D eigenvalue weighted by molar-refractivity contribution is -0.130. The Balaban J connectivity index is 1.81. The number of nitrogens with two attached hydrogens (primary N) is 2. The molecule has 3 rings (SSSR count). The highest BCUT2D eigenvalue weighted by Crippen LogP contribution is 2.25. The van der Waals surface area contributed by atoms with Crippen molar-refractivity contribution in [2.24, 2.45) is 11.5 Å². The molecule has 0 saturated carbocycles. The van der Waals surface area contributed by atoms with Gasteiger partial charge < -0.3 is 31.8 Å². The lowest BCUT2D eigenvalue weighted by Crippen LogP contribution is -2.54. The first kappa shape index (κ1) is 33.1. The monoisotopic (exact) mass is 613 g/mol. The Morgan fingerprint density at radius 3 is 2.37 bits per heavy atom. The van der Waals surface area contributed by atoms with Crippen molar-refractivity contribution in [3.63, 3.8) is 0 Å². The van der Waals surface area contributed by atoms with E-state index in [4.69, 9.17) is 21.6 Å². The number of aromatic amines is 1. The molecule has 0 aliphatic rings. The molecular weight excluding hydrogens is 574 g/mol. The van der Waals surface area contributed by atoms with E-state index < -0.39 is 39.8 Å². The van der Waals surface area contributed by atoms with Gasteiger partial charge in [0.05, 0.1) is 12.4 Å². The quantitative estimate of drug-likeness (QED) is 0.0868. The predicted octanol–water partition coefficient (Wildman–Crippen LogP) is 1.16. The molecule has 232 valence electrons. The minimum atomic E-state index is -3.82. The van der Waals surface area contributed by atoms with Gasteiger partial charge in [-0.2, -0.15) is 0 Å². The van der Waals surface area contributed by atoms with Crippen molar-refractivity contribution >= 4 is 44.5 Å². The lowest BCUT2D eigenvalue weighted by Gasteiger charge is -2.23. The third kappa shape index (κ3) is 9.82. The van der Waals surface area contributed by atoms with Gasteiger partial charge in [-0.3, -0.25) is 19.8 Å². The molecule has 0 aliphatic carbocycles. The Hall–Kier alpha value is -4.43. The van der Waals surface area contributed by atoms with Crippen molar-refractivity contribution < 1.29 is 27.5 Å². The van der Waals surface area contributed by atoms with Gasteiger partial charge >= 0.3 is 0 Å². The summed E-state index contributed by atoms with van der Waals surface area (Å²) in [6, 6.07) is 9.75. The molecule has 9 N–H and O–H groups in total. The zero-order valence-corrected chi connectivity index (χ0v) is 25.1.